The Labute approximate surface area is 116 Å². The van der Waals surface area contributed by atoms with Gasteiger partial charge in [-0.3, -0.25) is 4.79 Å². The molecule has 0 fully saturated rings. The number of hydrogen-bond donors (Lipinski definition) is 2. The lowest BCUT2D eigenvalue weighted by Crippen LogP contribution is -2.42. The molecule has 0 heterocycles. The summed E-state index contributed by atoms with van der Waals surface area (Å²) >= 11 is 0. The van der Waals surface area contributed by atoms with Crippen molar-refractivity contribution in [2.24, 2.45) is 0 Å². The lowest BCUT2D eigenvalue weighted by molar-refractivity contribution is -0.156. The molecule has 1 amide bonds. The molecule has 0 saturated heterocycles. The average Bonchev–Trinajstić information content (AvgIpc) is 2.26. The molecule has 1 rings (SSSR count). The van der Waals surface area contributed by atoms with Crippen LogP contribution in [0, 0.1) is 5.82 Å². The third-order valence-electron chi connectivity index (χ3n) is 2.31. The Morgan fingerprint density at radius 1 is 1.35 bits per heavy atom. The SMILES string of the molecule is C[C@@H](NC(=O)c1ccc(F)cc1O)C(=O)OC(C)(C)C. The first-order chi connectivity index (χ1) is 9.10. The molecule has 0 aliphatic carbocycles. The standard InChI is InChI=1S/C14H18FNO4/c1-8(13(19)20-14(2,3)4)16-12(18)10-6-5-9(15)7-11(10)17/h5-8,17H,1-4H3,(H,16,18)/t8-/m1/s1. The Bertz CT molecular complexity index is 522. The Morgan fingerprint density at radius 3 is 2.45 bits per heavy atom. The molecule has 0 spiro atoms. The number of rotatable bonds is 3. The zero-order valence-corrected chi connectivity index (χ0v) is 11.9. The third kappa shape index (κ3) is 4.53. The van der Waals surface area contributed by atoms with Crippen molar-refractivity contribution < 1.29 is 23.8 Å². The van der Waals surface area contributed by atoms with Crippen LogP contribution in [0.4, 0.5) is 4.39 Å². The quantitative estimate of drug-likeness (QED) is 0.832. The van der Waals surface area contributed by atoms with Crippen LogP contribution >= 0.6 is 0 Å². The summed E-state index contributed by atoms with van der Waals surface area (Å²) in [5.41, 5.74) is -0.768. The summed E-state index contributed by atoms with van der Waals surface area (Å²) in [6, 6.07) is 2.13. The highest BCUT2D eigenvalue weighted by Gasteiger charge is 2.24. The molecule has 110 valence electrons. The number of esters is 1. The number of carbonyl (C=O) groups is 2. The first kappa shape index (κ1) is 15.9. The van der Waals surface area contributed by atoms with Gasteiger partial charge >= 0.3 is 5.97 Å². The predicted octanol–water partition coefficient (Wildman–Crippen LogP) is 1.99. The lowest BCUT2D eigenvalue weighted by atomic mass is 10.1. The number of carbonyl (C=O) groups excluding carboxylic acids is 2. The van der Waals surface area contributed by atoms with Gasteiger partial charge in [-0.1, -0.05) is 0 Å². The number of benzene rings is 1. The van der Waals surface area contributed by atoms with Gasteiger partial charge in [-0.2, -0.15) is 0 Å². The van der Waals surface area contributed by atoms with E-state index in [1.54, 1.807) is 20.8 Å². The van der Waals surface area contributed by atoms with Gasteiger partial charge in [0, 0.05) is 6.07 Å². The van der Waals surface area contributed by atoms with Crippen molar-refractivity contribution >= 4 is 11.9 Å². The number of amides is 1. The van der Waals surface area contributed by atoms with Crippen molar-refractivity contribution in [3.8, 4) is 5.75 Å². The minimum Gasteiger partial charge on any atom is -0.507 e. The van der Waals surface area contributed by atoms with Gasteiger partial charge in [0.25, 0.3) is 5.91 Å². The van der Waals surface area contributed by atoms with Crippen molar-refractivity contribution in [3.63, 3.8) is 0 Å². The molecule has 2 N–H and O–H groups in total. The number of aromatic hydroxyl groups is 1. The van der Waals surface area contributed by atoms with E-state index in [4.69, 9.17) is 4.74 Å². The van der Waals surface area contributed by atoms with Crippen LogP contribution in [0.15, 0.2) is 18.2 Å². The fourth-order valence-corrected chi connectivity index (χ4v) is 1.42. The maximum atomic E-state index is 12.8. The summed E-state index contributed by atoms with van der Waals surface area (Å²) in [4.78, 5) is 23.6. The van der Waals surface area contributed by atoms with Crippen LogP contribution in [0.5, 0.6) is 5.75 Å². The van der Waals surface area contributed by atoms with E-state index in [1.807, 2.05) is 0 Å². The zero-order chi connectivity index (χ0) is 15.5. The van der Waals surface area contributed by atoms with E-state index >= 15 is 0 Å². The average molecular weight is 283 g/mol. The maximum Gasteiger partial charge on any atom is 0.328 e. The van der Waals surface area contributed by atoms with Gasteiger partial charge in [-0.15, -0.1) is 0 Å². The molecule has 5 nitrogen and oxygen atoms in total. The van der Waals surface area contributed by atoms with E-state index in [2.05, 4.69) is 5.32 Å². The minimum absolute atomic E-state index is 0.109. The van der Waals surface area contributed by atoms with E-state index in [9.17, 15) is 19.1 Å². The second kappa shape index (κ2) is 5.90. The molecule has 0 bridgehead atoms. The van der Waals surface area contributed by atoms with Crippen molar-refractivity contribution in [2.75, 3.05) is 0 Å². The molecular formula is C14H18FNO4. The van der Waals surface area contributed by atoms with Crippen LogP contribution in [0.1, 0.15) is 38.1 Å². The largest absolute Gasteiger partial charge is 0.507 e. The zero-order valence-electron chi connectivity index (χ0n) is 11.9. The van der Waals surface area contributed by atoms with Crippen molar-refractivity contribution in [1.29, 1.82) is 0 Å². The van der Waals surface area contributed by atoms with E-state index < -0.39 is 35.1 Å². The number of hydrogen-bond acceptors (Lipinski definition) is 4. The fraction of sp³-hybridized carbons (Fsp3) is 0.429. The molecule has 1 atom stereocenters. The van der Waals surface area contributed by atoms with Gasteiger partial charge in [0.05, 0.1) is 5.56 Å². The highest BCUT2D eigenvalue weighted by Crippen LogP contribution is 2.18. The molecular weight excluding hydrogens is 265 g/mol. The number of halogens is 1. The highest BCUT2D eigenvalue weighted by atomic mass is 19.1. The van der Waals surface area contributed by atoms with Gasteiger partial charge in [0.2, 0.25) is 0 Å². The van der Waals surface area contributed by atoms with Gasteiger partial charge in [-0.25, -0.2) is 9.18 Å². The lowest BCUT2D eigenvalue weighted by Gasteiger charge is -2.22. The molecule has 0 aliphatic rings. The van der Waals surface area contributed by atoms with Gasteiger partial charge in [0.15, 0.2) is 0 Å². The molecule has 0 saturated carbocycles. The summed E-state index contributed by atoms with van der Waals surface area (Å²) in [5, 5.41) is 11.9. The van der Waals surface area contributed by atoms with Crippen LogP contribution in [0.3, 0.4) is 0 Å². The van der Waals surface area contributed by atoms with E-state index in [-0.39, 0.29) is 5.56 Å². The first-order valence-electron chi connectivity index (χ1n) is 6.12. The molecule has 0 radical (unpaired) electrons. The summed E-state index contributed by atoms with van der Waals surface area (Å²) in [5.74, 6) is -2.41. The number of phenols is 1. The molecule has 0 aromatic heterocycles. The van der Waals surface area contributed by atoms with Gasteiger partial charge < -0.3 is 15.2 Å². The van der Waals surface area contributed by atoms with Gasteiger partial charge in [0.1, 0.15) is 23.2 Å². The first-order valence-corrected chi connectivity index (χ1v) is 6.12. The Kier molecular flexibility index (Phi) is 4.70. The van der Waals surface area contributed by atoms with Crippen molar-refractivity contribution in [1.82, 2.24) is 5.32 Å². The second-order valence-corrected chi connectivity index (χ2v) is 5.39. The normalized spacial score (nSPS) is 12.7. The van der Waals surface area contributed by atoms with E-state index in [0.29, 0.717) is 0 Å². The fourth-order valence-electron chi connectivity index (χ4n) is 1.42. The Hall–Kier alpha value is -2.11. The summed E-state index contributed by atoms with van der Waals surface area (Å²) in [6.07, 6.45) is 0. The molecule has 6 heteroatoms. The van der Waals surface area contributed by atoms with E-state index in [1.165, 1.54) is 6.92 Å². The van der Waals surface area contributed by atoms with Crippen molar-refractivity contribution in [2.45, 2.75) is 39.3 Å². The number of ether oxygens (including phenoxy) is 1. The van der Waals surface area contributed by atoms with Crippen LogP contribution in [-0.4, -0.2) is 28.6 Å². The Balaban J connectivity index is 2.73. The third-order valence-corrected chi connectivity index (χ3v) is 2.31. The van der Waals surface area contributed by atoms with Crippen LogP contribution < -0.4 is 5.32 Å². The van der Waals surface area contributed by atoms with E-state index in [0.717, 1.165) is 18.2 Å². The van der Waals surface area contributed by atoms with Crippen LogP contribution in [0.2, 0.25) is 0 Å². The highest BCUT2D eigenvalue weighted by molar-refractivity contribution is 5.98. The Morgan fingerprint density at radius 2 is 1.95 bits per heavy atom. The number of phenolic OH excluding ortho intramolecular Hbond substituents is 1. The summed E-state index contributed by atoms with van der Waals surface area (Å²) in [7, 11) is 0. The van der Waals surface area contributed by atoms with Crippen LogP contribution in [-0.2, 0) is 9.53 Å². The minimum atomic E-state index is -0.883. The van der Waals surface area contributed by atoms with Crippen molar-refractivity contribution in [3.05, 3.63) is 29.6 Å². The number of nitrogens with one attached hydrogen (secondary N) is 1. The molecule has 20 heavy (non-hydrogen) atoms. The molecule has 0 aliphatic heterocycles. The maximum absolute atomic E-state index is 12.8. The predicted molar refractivity (Wildman–Crippen MR) is 70.8 cm³/mol. The monoisotopic (exact) mass is 283 g/mol. The van der Waals surface area contributed by atoms with Gasteiger partial charge in [-0.05, 0) is 39.8 Å². The topological polar surface area (TPSA) is 75.6 Å². The summed E-state index contributed by atoms with van der Waals surface area (Å²) in [6.45, 7) is 6.61. The molecule has 0 unspecified atom stereocenters. The second-order valence-electron chi connectivity index (χ2n) is 5.39. The van der Waals surface area contributed by atoms with Crippen LogP contribution in [0.25, 0.3) is 0 Å². The molecule has 1 aromatic carbocycles. The molecule has 1 aromatic rings. The smallest absolute Gasteiger partial charge is 0.328 e. The summed E-state index contributed by atoms with van der Waals surface area (Å²) < 4.78 is 17.9.